The molecule has 1 unspecified atom stereocenters. The number of halogens is 1. The Morgan fingerprint density at radius 1 is 1.67 bits per heavy atom. The third-order valence-electron chi connectivity index (χ3n) is 1.44. The summed E-state index contributed by atoms with van der Waals surface area (Å²) < 4.78 is 22.2. The third kappa shape index (κ3) is 3.75. The van der Waals surface area contributed by atoms with Crippen molar-refractivity contribution in [2.75, 3.05) is 6.61 Å². The number of nitrogens with zero attached hydrogens (tertiary/aromatic N) is 2. The summed E-state index contributed by atoms with van der Waals surface area (Å²) in [4.78, 5) is 15.0. The Bertz CT molecular complexity index is 332. The normalized spacial score (nSPS) is 12.5. The van der Waals surface area contributed by atoms with E-state index in [0.717, 1.165) is 23.3 Å². The Hall–Kier alpha value is -0.690. The van der Waals surface area contributed by atoms with E-state index in [1.807, 2.05) is 6.92 Å². The second kappa shape index (κ2) is 6.02. The van der Waals surface area contributed by atoms with Crippen molar-refractivity contribution in [2.24, 2.45) is 0 Å². The van der Waals surface area contributed by atoms with Crippen LogP contribution in [0.15, 0.2) is 4.34 Å². The van der Waals surface area contributed by atoms with Gasteiger partial charge in [-0.25, -0.2) is 14.2 Å². The van der Waals surface area contributed by atoms with Crippen molar-refractivity contribution in [1.29, 1.82) is 0 Å². The van der Waals surface area contributed by atoms with Crippen molar-refractivity contribution >= 4 is 29.3 Å². The Morgan fingerprint density at radius 3 is 2.93 bits per heavy atom. The molecule has 0 spiro atoms. The molecule has 1 rings (SSSR count). The van der Waals surface area contributed by atoms with Gasteiger partial charge in [0, 0.05) is 6.42 Å². The summed E-state index contributed by atoms with van der Waals surface area (Å²) in [7, 11) is 0. The highest BCUT2D eigenvalue weighted by atomic mass is 32.2. The fourth-order valence-corrected chi connectivity index (χ4v) is 2.31. The van der Waals surface area contributed by atoms with Crippen LogP contribution in [0.5, 0.6) is 0 Å². The van der Waals surface area contributed by atoms with E-state index in [2.05, 4.69) is 14.1 Å². The number of ether oxygens (including phenoxy) is 1. The molecule has 0 aliphatic rings. The molecule has 0 saturated heterocycles. The lowest BCUT2D eigenvalue weighted by Crippen LogP contribution is -2.15. The third-order valence-corrected chi connectivity index (χ3v) is 3.20. The maximum Gasteiger partial charge on any atom is 0.351 e. The lowest BCUT2D eigenvalue weighted by Gasteiger charge is -2.03. The highest BCUT2D eigenvalue weighted by Gasteiger charge is 2.21. The number of carbonyl (C=O) groups excluding carboxylic acids is 1. The van der Waals surface area contributed by atoms with Crippen LogP contribution >= 0.6 is 23.3 Å². The molecular weight excluding hydrogens is 239 g/mol. The Labute approximate surface area is 95.4 Å². The quantitative estimate of drug-likeness (QED) is 0.591. The van der Waals surface area contributed by atoms with E-state index in [9.17, 15) is 9.18 Å². The van der Waals surface area contributed by atoms with E-state index in [-0.39, 0.29) is 6.61 Å². The molecule has 1 aromatic heterocycles. The van der Waals surface area contributed by atoms with Crippen molar-refractivity contribution < 1.29 is 13.9 Å². The van der Waals surface area contributed by atoms with E-state index >= 15 is 0 Å². The van der Waals surface area contributed by atoms with Crippen LogP contribution in [0.4, 0.5) is 4.39 Å². The summed E-state index contributed by atoms with van der Waals surface area (Å²) in [5, 5.41) is 0. The minimum atomic E-state index is -1.72. The Morgan fingerprint density at radius 2 is 2.40 bits per heavy atom. The van der Waals surface area contributed by atoms with E-state index < -0.39 is 11.5 Å². The summed E-state index contributed by atoms with van der Waals surface area (Å²) >= 11 is 1.82. The summed E-state index contributed by atoms with van der Waals surface area (Å²) in [6, 6.07) is 0. The first-order valence-electron chi connectivity index (χ1n) is 4.47. The molecule has 7 heteroatoms. The molecule has 15 heavy (non-hydrogen) atoms. The van der Waals surface area contributed by atoms with Gasteiger partial charge in [-0.2, -0.15) is 4.37 Å². The molecule has 0 fully saturated rings. The zero-order chi connectivity index (χ0) is 11.3. The van der Waals surface area contributed by atoms with Crippen LogP contribution in [0.2, 0.25) is 0 Å². The first-order chi connectivity index (χ1) is 7.17. The molecular formula is C8H11FN2O2S2. The molecule has 1 atom stereocenters. The summed E-state index contributed by atoms with van der Waals surface area (Å²) in [6.45, 7) is 3.72. The second-order valence-electron chi connectivity index (χ2n) is 2.52. The summed E-state index contributed by atoms with van der Waals surface area (Å²) in [5.74, 6) is -0.200. The molecule has 0 aliphatic heterocycles. The summed E-state index contributed by atoms with van der Waals surface area (Å²) in [6.07, 6.45) is 0.702. The first kappa shape index (κ1) is 12.4. The standard InChI is InChI=1S/C8H11FN2O2S2/c1-3-5-10-8(15-11-5)14-6(9)7(12)13-4-2/h6H,3-4H2,1-2H3. The van der Waals surface area contributed by atoms with E-state index in [1.165, 1.54) is 0 Å². The average molecular weight is 250 g/mol. The molecule has 0 saturated carbocycles. The molecule has 0 amide bonds. The first-order valence-corrected chi connectivity index (χ1v) is 6.12. The number of hydrogen-bond donors (Lipinski definition) is 0. The Kier molecular flexibility index (Phi) is 4.97. The van der Waals surface area contributed by atoms with Gasteiger partial charge in [-0.05, 0) is 30.2 Å². The molecule has 84 valence electrons. The van der Waals surface area contributed by atoms with Crippen LogP contribution in [0.3, 0.4) is 0 Å². The van der Waals surface area contributed by atoms with E-state index in [1.54, 1.807) is 6.92 Å². The topological polar surface area (TPSA) is 52.1 Å². The molecule has 4 nitrogen and oxygen atoms in total. The van der Waals surface area contributed by atoms with E-state index in [4.69, 9.17) is 0 Å². The molecule has 0 aromatic carbocycles. The largest absolute Gasteiger partial charge is 0.463 e. The van der Waals surface area contributed by atoms with E-state index in [0.29, 0.717) is 16.6 Å². The zero-order valence-electron chi connectivity index (χ0n) is 8.40. The van der Waals surface area contributed by atoms with Gasteiger partial charge >= 0.3 is 5.97 Å². The van der Waals surface area contributed by atoms with Gasteiger partial charge in [0.15, 0.2) is 4.34 Å². The van der Waals surface area contributed by atoms with Gasteiger partial charge in [-0.15, -0.1) is 0 Å². The van der Waals surface area contributed by atoms with Crippen molar-refractivity contribution in [2.45, 2.75) is 30.1 Å². The fourth-order valence-electron chi connectivity index (χ4n) is 0.774. The number of rotatable bonds is 5. The predicted molar refractivity (Wildman–Crippen MR) is 56.7 cm³/mol. The van der Waals surface area contributed by atoms with Gasteiger partial charge in [0.05, 0.1) is 6.61 Å². The average Bonchev–Trinajstić information content (AvgIpc) is 2.66. The van der Waals surface area contributed by atoms with Crippen LogP contribution in [0, 0.1) is 0 Å². The van der Waals surface area contributed by atoms with Gasteiger partial charge in [0.25, 0.3) is 0 Å². The number of alkyl halides is 1. The molecule has 1 heterocycles. The number of hydrogen-bond acceptors (Lipinski definition) is 6. The number of thioether (sulfide) groups is 1. The van der Waals surface area contributed by atoms with Gasteiger partial charge in [-0.1, -0.05) is 6.92 Å². The molecule has 0 radical (unpaired) electrons. The van der Waals surface area contributed by atoms with Gasteiger partial charge in [0.2, 0.25) is 5.50 Å². The van der Waals surface area contributed by atoms with Crippen LogP contribution in [0.1, 0.15) is 19.7 Å². The van der Waals surface area contributed by atoms with Crippen LogP contribution in [-0.4, -0.2) is 27.4 Å². The number of carbonyl (C=O) groups is 1. The number of aryl methyl sites for hydroxylation is 1. The fraction of sp³-hybridized carbons (Fsp3) is 0.625. The molecule has 0 N–H and O–H groups in total. The van der Waals surface area contributed by atoms with Gasteiger partial charge in [-0.3, -0.25) is 0 Å². The predicted octanol–water partition coefficient (Wildman–Crippen LogP) is 2.05. The van der Waals surface area contributed by atoms with Gasteiger partial charge in [0.1, 0.15) is 5.82 Å². The zero-order valence-corrected chi connectivity index (χ0v) is 10.0. The highest BCUT2D eigenvalue weighted by Crippen LogP contribution is 2.26. The number of esters is 1. The van der Waals surface area contributed by atoms with Crippen molar-refractivity contribution in [3.8, 4) is 0 Å². The lowest BCUT2D eigenvalue weighted by atomic mass is 10.5. The second-order valence-corrected chi connectivity index (χ2v) is 4.56. The van der Waals surface area contributed by atoms with Crippen LogP contribution < -0.4 is 0 Å². The molecule has 0 aliphatic carbocycles. The van der Waals surface area contributed by atoms with Gasteiger partial charge < -0.3 is 4.74 Å². The maximum atomic E-state index is 13.2. The van der Waals surface area contributed by atoms with Crippen molar-refractivity contribution in [3.63, 3.8) is 0 Å². The smallest absolute Gasteiger partial charge is 0.351 e. The SMILES string of the molecule is CCOC(=O)C(F)Sc1nc(CC)ns1. The highest BCUT2D eigenvalue weighted by molar-refractivity contribution is 8.02. The Balaban J connectivity index is 2.50. The number of aromatic nitrogens is 2. The molecule has 0 bridgehead atoms. The van der Waals surface area contributed by atoms with Crippen LogP contribution in [0.25, 0.3) is 0 Å². The van der Waals surface area contributed by atoms with Crippen molar-refractivity contribution in [1.82, 2.24) is 9.36 Å². The lowest BCUT2D eigenvalue weighted by molar-refractivity contribution is -0.145. The molecule has 1 aromatic rings. The minimum absolute atomic E-state index is 0.177. The monoisotopic (exact) mass is 250 g/mol. The maximum absolute atomic E-state index is 13.2. The summed E-state index contributed by atoms with van der Waals surface area (Å²) in [5.41, 5.74) is -1.72. The van der Waals surface area contributed by atoms with Crippen molar-refractivity contribution in [3.05, 3.63) is 5.82 Å². The van der Waals surface area contributed by atoms with Crippen LogP contribution in [-0.2, 0) is 16.0 Å². The minimum Gasteiger partial charge on any atom is -0.463 e.